The summed E-state index contributed by atoms with van der Waals surface area (Å²) in [6, 6.07) is 16.1. The summed E-state index contributed by atoms with van der Waals surface area (Å²) in [6.45, 7) is 2.96. The van der Waals surface area contributed by atoms with Gasteiger partial charge in [-0.3, -0.25) is 9.69 Å². The monoisotopic (exact) mass is 409 g/mol. The van der Waals surface area contributed by atoms with Crippen LogP contribution in [0.4, 0.5) is 4.39 Å². The first kappa shape index (κ1) is 20.1. The highest BCUT2D eigenvalue weighted by Gasteiger charge is 2.22. The molecule has 4 rings (SSSR count). The van der Waals surface area contributed by atoms with E-state index in [0.717, 1.165) is 35.9 Å². The Bertz CT molecular complexity index is 965. The predicted octanol–water partition coefficient (Wildman–Crippen LogP) is 3.22. The van der Waals surface area contributed by atoms with E-state index >= 15 is 0 Å². The maximum absolute atomic E-state index is 13.4. The molecule has 0 bridgehead atoms. The smallest absolute Gasteiger partial charge is 0.307 e. The van der Waals surface area contributed by atoms with Crippen LogP contribution in [0.3, 0.4) is 0 Å². The van der Waals surface area contributed by atoms with Crippen molar-refractivity contribution >= 4 is 5.91 Å². The fourth-order valence-corrected chi connectivity index (χ4v) is 3.48. The molecule has 0 saturated heterocycles. The first-order valence-electron chi connectivity index (χ1n) is 10.1. The highest BCUT2D eigenvalue weighted by Crippen LogP contribution is 2.19. The molecule has 30 heavy (non-hydrogen) atoms. The number of hydrogen-bond acceptors (Lipinski definition) is 5. The van der Waals surface area contributed by atoms with Gasteiger partial charge in [-0.05, 0) is 29.8 Å². The highest BCUT2D eigenvalue weighted by molar-refractivity contribution is 5.89. The van der Waals surface area contributed by atoms with Crippen LogP contribution >= 0.6 is 0 Å². The molecule has 1 amide bonds. The number of fused-ring (bicyclic) bond motifs is 1. The van der Waals surface area contributed by atoms with E-state index in [1.807, 2.05) is 36.4 Å². The van der Waals surface area contributed by atoms with Crippen molar-refractivity contribution in [2.24, 2.45) is 0 Å². The molecule has 1 aliphatic heterocycles. The normalized spacial score (nSPS) is 14.0. The fraction of sp³-hybridized carbons (Fsp3) is 0.304. The van der Waals surface area contributed by atoms with E-state index in [4.69, 9.17) is 9.15 Å². The maximum Gasteiger partial charge on any atom is 0.307 e. The van der Waals surface area contributed by atoms with Crippen LogP contribution in [0.2, 0.25) is 0 Å². The summed E-state index contributed by atoms with van der Waals surface area (Å²) in [6.07, 6.45) is 1.36. The molecular formula is C23H24FN3O3. The Kier molecular flexibility index (Phi) is 6.39. The second-order valence-corrected chi connectivity index (χ2v) is 7.21. The van der Waals surface area contributed by atoms with E-state index in [2.05, 4.69) is 15.2 Å². The van der Waals surface area contributed by atoms with Crippen LogP contribution in [0, 0.1) is 5.82 Å². The van der Waals surface area contributed by atoms with Crippen LogP contribution < -0.4 is 10.1 Å². The number of nitrogens with zero attached hydrogens (tertiary/aromatic N) is 2. The van der Waals surface area contributed by atoms with Crippen molar-refractivity contribution in [2.75, 3.05) is 26.2 Å². The van der Waals surface area contributed by atoms with E-state index in [0.29, 0.717) is 32.5 Å². The van der Waals surface area contributed by atoms with Crippen molar-refractivity contribution in [1.29, 1.82) is 0 Å². The molecule has 0 fully saturated rings. The van der Waals surface area contributed by atoms with Crippen molar-refractivity contribution < 1.29 is 18.3 Å². The summed E-state index contributed by atoms with van der Waals surface area (Å²) < 4.78 is 24.7. The molecule has 1 aliphatic rings. The van der Waals surface area contributed by atoms with E-state index in [9.17, 15) is 9.18 Å². The molecule has 2 heterocycles. The van der Waals surface area contributed by atoms with Gasteiger partial charge in [-0.25, -0.2) is 9.37 Å². The van der Waals surface area contributed by atoms with E-state index in [1.165, 1.54) is 6.07 Å². The van der Waals surface area contributed by atoms with Crippen molar-refractivity contribution in [3.8, 4) is 5.75 Å². The number of benzene rings is 2. The summed E-state index contributed by atoms with van der Waals surface area (Å²) in [5.74, 6) is 1.05. The Hall–Kier alpha value is -3.19. The second-order valence-electron chi connectivity index (χ2n) is 7.21. The number of para-hydroxylation sites is 1. The minimum absolute atomic E-state index is 0.0956. The zero-order valence-electron chi connectivity index (χ0n) is 16.6. The summed E-state index contributed by atoms with van der Waals surface area (Å²) in [5.41, 5.74) is 1.77. The zero-order chi connectivity index (χ0) is 20.8. The van der Waals surface area contributed by atoms with Gasteiger partial charge in [-0.2, -0.15) is 0 Å². The van der Waals surface area contributed by atoms with Gasteiger partial charge in [-0.1, -0.05) is 30.3 Å². The van der Waals surface area contributed by atoms with Crippen LogP contribution in [0.5, 0.6) is 5.75 Å². The lowest BCUT2D eigenvalue weighted by Gasteiger charge is -2.19. The standard InChI is InChI=1S/C23H24FN3O3/c24-18-6-4-5-17(15-18)16-27-12-9-20-21(10-13-27)30-23(26-20)22(28)25-11-14-29-19-7-2-1-3-8-19/h1-8,15H,9-14,16H2,(H,25,28). The predicted molar refractivity (Wildman–Crippen MR) is 110 cm³/mol. The van der Waals surface area contributed by atoms with Crippen molar-refractivity contribution in [3.05, 3.63) is 83.3 Å². The van der Waals surface area contributed by atoms with Gasteiger partial charge in [0.25, 0.3) is 5.89 Å². The molecule has 7 heteroatoms. The Morgan fingerprint density at radius 2 is 1.97 bits per heavy atom. The highest BCUT2D eigenvalue weighted by atomic mass is 19.1. The average molecular weight is 409 g/mol. The molecule has 1 N–H and O–H groups in total. The summed E-state index contributed by atoms with van der Waals surface area (Å²) >= 11 is 0. The molecule has 0 aliphatic carbocycles. The molecule has 0 radical (unpaired) electrons. The molecule has 2 aromatic carbocycles. The number of carbonyl (C=O) groups is 1. The zero-order valence-corrected chi connectivity index (χ0v) is 16.6. The molecule has 6 nitrogen and oxygen atoms in total. The van der Waals surface area contributed by atoms with Crippen LogP contribution in [-0.2, 0) is 19.4 Å². The quantitative estimate of drug-likeness (QED) is 0.607. The molecule has 3 aromatic rings. The van der Waals surface area contributed by atoms with Gasteiger partial charge in [0.15, 0.2) is 0 Å². The van der Waals surface area contributed by atoms with E-state index in [1.54, 1.807) is 12.1 Å². The van der Waals surface area contributed by atoms with Gasteiger partial charge >= 0.3 is 5.91 Å². The average Bonchev–Trinajstić information content (AvgIpc) is 3.08. The molecular weight excluding hydrogens is 385 g/mol. The first-order valence-corrected chi connectivity index (χ1v) is 10.1. The van der Waals surface area contributed by atoms with Gasteiger partial charge < -0.3 is 14.5 Å². The number of nitrogens with one attached hydrogen (secondary N) is 1. The topological polar surface area (TPSA) is 67.6 Å². The largest absolute Gasteiger partial charge is 0.492 e. The molecule has 156 valence electrons. The van der Waals surface area contributed by atoms with Crippen LogP contribution in [0.15, 0.2) is 59.0 Å². The van der Waals surface area contributed by atoms with Gasteiger partial charge in [0, 0.05) is 32.5 Å². The van der Waals surface area contributed by atoms with Gasteiger partial charge in [0.05, 0.1) is 12.2 Å². The van der Waals surface area contributed by atoms with E-state index in [-0.39, 0.29) is 17.6 Å². The van der Waals surface area contributed by atoms with E-state index < -0.39 is 0 Å². The number of carbonyl (C=O) groups excluding carboxylic acids is 1. The van der Waals surface area contributed by atoms with Crippen LogP contribution in [0.1, 0.15) is 27.7 Å². The Labute approximate surface area is 174 Å². The number of hydrogen-bond donors (Lipinski definition) is 1. The fourth-order valence-electron chi connectivity index (χ4n) is 3.48. The maximum atomic E-state index is 13.4. The lowest BCUT2D eigenvalue weighted by molar-refractivity contribution is 0.0910. The van der Waals surface area contributed by atoms with Crippen molar-refractivity contribution in [3.63, 3.8) is 0 Å². The number of halogens is 1. The third-order valence-electron chi connectivity index (χ3n) is 4.99. The SMILES string of the molecule is O=C(NCCOc1ccccc1)c1nc2c(o1)CCN(Cc1cccc(F)c1)CC2. The second kappa shape index (κ2) is 9.54. The Morgan fingerprint density at radius 3 is 2.80 bits per heavy atom. The third-order valence-corrected chi connectivity index (χ3v) is 4.99. The summed E-state index contributed by atoms with van der Waals surface area (Å²) in [7, 11) is 0. The van der Waals surface area contributed by atoms with Gasteiger partial charge in [0.2, 0.25) is 0 Å². The van der Waals surface area contributed by atoms with Gasteiger partial charge in [-0.15, -0.1) is 0 Å². The molecule has 0 spiro atoms. The third kappa shape index (κ3) is 5.24. The van der Waals surface area contributed by atoms with Gasteiger partial charge in [0.1, 0.15) is 23.9 Å². The van der Waals surface area contributed by atoms with Crippen LogP contribution in [-0.4, -0.2) is 42.0 Å². The molecule has 1 aromatic heterocycles. The number of ether oxygens (including phenoxy) is 1. The number of aromatic nitrogens is 1. The minimum Gasteiger partial charge on any atom is -0.492 e. The Morgan fingerprint density at radius 1 is 1.13 bits per heavy atom. The lowest BCUT2D eigenvalue weighted by atomic mass is 10.2. The number of rotatable bonds is 7. The molecule has 0 atom stereocenters. The van der Waals surface area contributed by atoms with Crippen LogP contribution in [0.25, 0.3) is 0 Å². The first-order chi connectivity index (χ1) is 14.7. The summed E-state index contributed by atoms with van der Waals surface area (Å²) in [4.78, 5) is 19.0. The summed E-state index contributed by atoms with van der Waals surface area (Å²) in [5, 5.41) is 2.77. The van der Waals surface area contributed by atoms with Crippen molar-refractivity contribution in [2.45, 2.75) is 19.4 Å². The lowest BCUT2D eigenvalue weighted by Crippen LogP contribution is -2.28. The molecule has 0 saturated carbocycles. The molecule has 0 unspecified atom stereocenters. The minimum atomic E-state index is -0.337. The number of amides is 1. The Balaban J connectivity index is 1.26. The number of oxazole rings is 1. The van der Waals surface area contributed by atoms with Crippen molar-refractivity contribution in [1.82, 2.24) is 15.2 Å².